The summed E-state index contributed by atoms with van der Waals surface area (Å²) in [5.74, 6) is 6.04. The Bertz CT molecular complexity index is 2330. The third-order valence-corrected chi connectivity index (χ3v) is 13.2. The second kappa shape index (κ2) is 18.1. The number of para-hydroxylation sites is 1. The Balaban J connectivity index is 1.02. The van der Waals surface area contributed by atoms with Gasteiger partial charge in [-0.25, -0.2) is 19.1 Å². The van der Waals surface area contributed by atoms with Crippen molar-refractivity contribution in [1.29, 1.82) is 0 Å². The molecule has 1 saturated carbocycles. The van der Waals surface area contributed by atoms with E-state index in [9.17, 15) is 14.4 Å². The smallest absolute Gasteiger partial charge is 0.384 e. The van der Waals surface area contributed by atoms with Crippen LogP contribution >= 0.6 is 23.5 Å². The summed E-state index contributed by atoms with van der Waals surface area (Å²) in [6.07, 6.45) is 10.4. The molecule has 8 rings (SSSR count). The van der Waals surface area contributed by atoms with Gasteiger partial charge in [0, 0.05) is 79.1 Å². The van der Waals surface area contributed by atoms with Crippen molar-refractivity contribution in [3.63, 3.8) is 0 Å². The van der Waals surface area contributed by atoms with Gasteiger partial charge >= 0.3 is 5.97 Å². The van der Waals surface area contributed by atoms with Crippen LogP contribution in [-0.2, 0) is 29.0 Å². The van der Waals surface area contributed by atoms with E-state index in [4.69, 9.17) is 14.8 Å². The van der Waals surface area contributed by atoms with Crippen LogP contribution in [0.15, 0.2) is 60.8 Å². The van der Waals surface area contributed by atoms with Gasteiger partial charge in [-0.05, 0) is 93.3 Å². The Kier molecular flexibility index (Phi) is 12.4. The van der Waals surface area contributed by atoms with Gasteiger partial charge in [0.25, 0.3) is 11.8 Å². The van der Waals surface area contributed by atoms with Crippen LogP contribution in [0, 0.1) is 30.6 Å². The van der Waals surface area contributed by atoms with Crippen LogP contribution in [0.1, 0.15) is 89.5 Å². The molecule has 0 bridgehead atoms. The number of rotatable bonds is 10. The highest BCUT2D eigenvalue weighted by Gasteiger charge is 2.27. The molecule has 0 atom stereocenters. The van der Waals surface area contributed by atoms with Gasteiger partial charge in [0.15, 0.2) is 5.13 Å². The summed E-state index contributed by atoms with van der Waals surface area (Å²) in [6, 6.07) is 17.7. The molecule has 2 aliphatic heterocycles. The van der Waals surface area contributed by atoms with Gasteiger partial charge in [-0.3, -0.25) is 24.3 Å². The Morgan fingerprint density at radius 3 is 2.57 bits per heavy atom. The van der Waals surface area contributed by atoms with Crippen LogP contribution in [0.2, 0.25) is 0 Å². The molecule has 2 amide bonds. The van der Waals surface area contributed by atoms with Crippen molar-refractivity contribution >= 4 is 62.4 Å². The van der Waals surface area contributed by atoms with Crippen LogP contribution in [0.3, 0.4) is 0 Å². The summed E-state index contributed by atoms with van der Waals surface area (Å²) in [5, 5.41) is 8.40. The maximum Gasteiger partial charge on any atom is 0.384 e. The highest BCUT2D eigenvalue weighted by atomic mass is 32.2. The molecule has 0 radical (unpaired) electrons. The predicted octanol–water partition coefficient (Wildman–Crippen LogP) is 7.83. The van der Waals surface area contributed by atoms with Crippen molar-refractivity contribution < 1.29 is 19.1 Å². The first-order valence-electron chi connectivity index (χ1n) is 20.3. The van der Waals surface area contributed by atoms with Crippen LogP contribution in [0.4, 0.5) is 10.9 Å². The number of ether oxygens (including phenoxy) is 1. The second-order valence-corrected chi connectivity index (χ2v) is 17.1. The number of carbonyl (C=O) groups is 3. The van der Waals surface area contributed by atoms with Crippen molar-refractivity contribution in [1.82, 2.24) is 28.8 Å². The van der Waals surface area contributed by atoms with Gasteiger partial charge < -0.3 is 9.64 Å². The molecular weight excluding hydrogens is 769 g/mol. The van der Waals surface area contributed by atoms with E-state index in [0.29, 0.717) is 60.9 Å². The van der Waals surface area contributed by atoms with Crippen molar-refractivity contribution in [3.05, 3.63) is 88.9 Å². The van der Waals surface area contributed by atoms with E-state index in [0.717, 1.165) is 64.0 Å². The van der Waals surface area contributed by atoms with Gasteiger partial charge in [-0.1, -0.05) is 60.8 Å². The van der Waals surface area contributed by atoms with Crippen LogP contribution in [0.5, 0.6) is 0 Å². The van der Waals surface area contributed by atoms with E-state index in [1.807, 2.05) is 54.7 Å². The Morgan fingerprint density at radius 2 is 1.76 bits per heavy atom. The molecule has 1 saturated heterocycles. The van der Waals surface area contributed by atoms with Gasteiger partial charge in [0.05, 0.1) is 23.0 Å². The summed E-state index contributed by atoms with van der Waals surface area (Å²) < 4.78 is 13.2. The van der Waals surface area contributed by atoms with Gasteiger partial charge in [0.1, 0.15) is 11.5 Å². The number of piperidine rings is 1. The number of esters is 1. The summed E-state index contributed by atoms with van der Waals surface area (Å²) in [6.45, 7) is 7.59. The number of carbonyl (C=O) groups excluding carboxylic acids is 3. The number of anilines is 2. The number of nitrogens with one attached hydrogen (secondary N) is 2. The van der Waals surface area contributed by atoms with E-state index in [1.54, 1.807) is 6.92 Å². The van der Waals surface area contributed by atoms with E-state index in [1.165, 1.54) is 55.6 Å². The fourth-order valence-corrected chi connectivity index (χ4v) is 9.74. The molecule has 5 heterocycles. The second-order valence-electron chi connectivity index (χ2n) is 15.2. The molecular formula is C44H48N8O4S2. The number of pyridine rings is 1. The minimum atomic E-state index is -0.493. The average molecular weight is 817 g/mol. The van der Waals surface area contributed by atoms with E-state index in [2.05, 4.69) is 53.7 Å². The number of fused-ring (bicyclic) bond motifs is 2. The zero-order valence-electron chi connectivity index (χ0n) is 33.0. The molecule has 5 aromatic rings. The van der Waals surface area contributed by atoms with Gasteiger partial charge in [0.2, 0.25) is 0 Å². The average Bonchev–Trinajstić information content (AvgIpc) is 3.83. The molecule has 14 heteroatoms. The lowest BCUT2D eigenvalue weighted by molar-refractivity contribution is -0.136. The largest absolute Gasteiger partial charge is 0.456 e. The van der Waals surface area contributed by atoms with E-state index < -0.39 is 5.97 Å². The zero-order valence-corrected chi connectivity index (χ0v) is 34.6. The number of thiazole rings is 1. The molecule has 300 valence electrons. The monoisotopic (exact) mass is 816 g/mol. The van der Waals surface area contributed by atoms with E-state index >= 15 is 0 Å². The SMILES string of the molecule is CCOC(=O)C#CC1CCN(SNC(=O)c2nc(N3CCc4cccc(C(=O)Nc5nc6ccccc6s5)c4C3)ccc2-c2cnn(CC3CCCCC3)c2C)CC1. The molecule has 2 fully saturated rings. The molecule has 0 unspecified atom stereocenters. The highest BCUT2D eigenvalue weighted by Crippen LogP contribution is 2.34. The van der Waals surface area contributed by atoms with Crippen molar-refractivity contribution in [2.45, 2.75) is 78.3 Å². The minimum Gasteiger partial charge on any atom is -0.456 e. The van der Waals surface area contributed by atoms with Crippen molar-refractivity contribution in [2.24, 2.45) is 11.8 Å². The lowest BCUT2D eigenvalue weighted by Gasteiger charge is -2.31. The maximum absolute atomic E-state index is 14.2. The molecule has 1 aliphatic carbocycles. The summed E-state index contributed by atoms with van der Waals surface area (Å²) >= 11 is 2.74. The first-order valence-corrected chi connectivity index (χ1v) is 21.9. The topological polar surface area (TPSA) is 135 Å². The highest BCUT2D eigenvalue weighted by molar-refractivity contribution is 7.95. The molecule has 58 heavy (non-hydrogen) atoms. The summed E-state index contributed by atoms with van der Waals surface area (Å²) in [4.78, 5) is 51.5. The molecule has 2 aromatic carbocycles. The zero-order chi connectivity index (χ0) is 40.0. The van der Waals surface area contributed by atoms with Crippen molar-refractivity contribution in [2.75, 3.05) is 36.5 Å². The molecule has 2 N–H and O–H groups in total. The quantitative estimate of drug-likeness (QED) is 0.0622. The number of hydrogen-bond donors (Lipinski definition) is 2. The molecule has 3 aromatic heterocycles. The fourth-order valence-electron chi connectivity index (χ4n) is 8.18. The predicted molar refractivity (Wildman–Crippen MR) is 229 cm³/mol. The number of benzene rings is 2. The fraction of sp³-hybridized carbons (Fsp3) is 0.409. The number of amides is 2. The summed E-state index contributed by atoms with van der Waals surface area (Å²) in [7, 11) is 0. The lowest BCUT2D eigenvalue weighted by atomic mass is 9.89. The lowest BCUT2D eigenvalue weighted by Crippen LogP contribution is -2.34. The first-order chi connectivity index (χ1) is 28.3. The van der Waals surface area contributed by atoms with Crippen LogP contribution < -0.4 is 14.9 Å². The molecule has 12 nitrogen and oxygen atoms in total. The maximum atomic E-state index is 14.2. The minimum absolute atomic E-state index is 0.101. The molecule has 3 aliphatic rings. The Hall–Kier alpha value is -5.23. The van der Waals surface area contributed by atoms with Crippen LogP contribution in [0.25, 0.3) is 21.3 Å². The molecule has 0 spiro atoms. The normalized spacial score (nSPS) is 16.3. The number of aromatic nitrogens is 4. The third kappa shape index (κ3) is 9.07. The first kappa shape index (κ1) is 39.6. The Morgan fingerprint density at radius 1 is 0.931 bits per heavy atom. The number of nitrogens with zero attached hydrogens (tertiary/aromatic N) is 6. The summed E-state index contributed by atoms with van der Waals surface area (Å²) in [5.41, 5.74) is 6.48. The van der Waals surface area contributed by atoms with Crippen LogP contribution in [-0.4, -0.2) is 68.1 Å². The van der Waals surface area contributed by atoms with Gasteiger partial charge in [-0.2, -0.15) is 5.10 Å². The standard InChI is InChI=1S/C44H48N8O4S2/c1-3-56-40(53)19-16-30-20-24-51(25-21-30)58-49-43(55)41-33(35-26-45-52(29(35)2)27-31-10-5-4-6-11-31)17-18-39(47-41)50-23-22-32-12-9-13-34(36(32)28-50)42(54)48-44-46-37-14-7-8-15-38(37)57-44/h7-9,12-15,17-18,26,30-31H,3-6,10-11,20-25,27-28H2,1-2H3,(H,49,55)(H,46,48,54). The van der Waals surface area contributed by atoms with Gasteiger partial charge in [-0.15, -0.1) is 0 Å². The van der Waals surface area contributed by atoms with Crippen molar-refractivity contribution in [3.8, 4) is 23.0 Å². The van der Waals surface area contributed by atoms with E-state index in [-0.39, 0.29) is 17.7 Å². The number of hydrogen-bond acceptors (Lipinski definition) is 11. The Labute approximate surface area is 347 Å². The third-order valence-electron chi connectivity index (χ3n) is 11.4.